The standard InChI is InChI=1S/C15H18ClNO3/c1-9(17-14(18)20-15(2,3)4)13-8-10-7-11(16)5-6-12(10)19-13/h5-9H,1-4H3,(H,17,18)/t9-/m1/s1. The lowest BCUT2D eigenvalue weighted by molar-refractivity contribution is 0.0502. The largest absolute Gasteiger partial charge is 0.459 e. The number of amides is 1. The fourth-order valence-corrected chi connectivity index (χ4v) is 1.98. The quantitative estimate of drug-likeness (QED) is 0.875. The van der Waals surface area contributed by atoms with Crippen molar-refractivity contribution in [2.24, 2.45) is 0 Å². The van der Waals surface area contributed by atoms with Crippen molar-refractivity contribution in [1.82, 2.24) is 5.32 Å². The fraction of sp³-hybridized carbons (Fsp3) is 0.400. The number of hydrogen-bond acceptors (Lipinski definition) is 3. The molecule has 1 N–H and O–H groups in total. The average molecular weight is 296 g/mol. The number of benzene rings is 1. The molecule has 0 aliphatic carbocycles. The van der Waals surface area contributed by atoms with Crippen molar-refractivity contribution in [2.45, 2.75) is 39.3 Å². The molecular formula is C15H18ClNO3. The molecule has 0 saturated carbocycles. The maximum Gasteiger partial charge on any atom is 0.408 e. The molecule has 2 aromatic rings. The van der Waals surface area contributed by atoms with Crippen molar-refractivity contribution in [3.05, 3.63) is 35.0 Å². The second-order valence-corrected chi connectivity index (χ2v) is 6.14. The number of ether oxygens (including phenoxy) is 1. The van der Waals surface area contributed by atoms with Crippen LogP contribution in [-0.4, -0.2) is 11.7 Å². The van der Waals surface area contributed by atoms with Gasteiger partial charge in [-0.3, -0.25) is 0 Å². The van der Waals surface area contributed by atoms with Crippen LogP contribution < -0.4 is 5.32 Å². The predicted molar refractivity (Wildman–Crippen MR) is 79.0 cm³/mol. The molecule has 0 unspecified atom stereocenters. The minimum Gasteiger partial charge on any atom is -0.459 e. The third kappa shape index (κ3) is 3.67. The molecule has 1 atom stereocenters. The molecule has 1 heterocycles. The van der Waals surface area contributed by atoms with Gasteiger partial charge in [0.25, 0.3) is 0 Å². The lowest BCUT2D eigenvalue weighted by Gasteiger charge is -2.21. The molecule has 0 aliphatic heterocycles. The molecule has 4 nitrogen and oxygen atoms in total. The Kier molecular flexibility index (Phi) is 3.95. The summed E-state index contributed by atoms with van der Waals surface area (Å²) in [6.07, 6.45) is -0.469. The van der Waals surface area contributed by atoms with Crippen LogP contribution in [-0.2, 0) is 4.74 Å². The predicted octanol–water partition coefficient (Wildman–Crippen LogP) is 4.67. The number of halogens is 1. The zero-order valence-electron chi connectivity index (χ0n) is 12.0. The Balaban J connectivity index is 2.11. The maximum absolute atomic E-state index is 11.7. The van der Waals surface area contributed by atoms with Gasteiger partial charge in [0, 0.05) is 10.4 Å². The van der Waals surface area contributed by atoms with Crippen LogP contribution in [0.5, 0.6) is 0 Å². The van der Waals surface area contributed by atoms with Crippen molar-refractivity contribution in [2.75, 3.05) is 0 Å². The molecule has 108 valence electrons. The summed E-state index contributed by atoms with van der Waals surface area (Å²) in [5.74, 6) is 0.660. The van der Waals surface area contributed by atoms with Gasteiger partial charge in [0.2, 0.25) is 0 Å². The molecule has 0 radical (unpaired) electrons. The van der Waals surface area contributed by atoms with Crippen molar-refractivity contribution >= 4 is 28.7 Å². The lowest BCUT2D eigenvalue weighted by atomic mass is 10.2. The summed E-state index contributed by atoms with van der Waals surface area (Å²) in [6.45, 7) is 7.30. The summed E-state index contributed by atoms with van der Waals surface area (Å²) >= 11 is 5.93. The molecule has 1 aromatic heterocycles. The van der Waals surface area contributed by atoms with E-state index in [2.05, 4.69) is 5.32 Å². The molecule has 0 fully saturated rings. The van der Waals surface area contributed by atoms with Gasteiger partial charge in [-0.15, -0.1) is 0 Å². The number of furan rings is 1. The van der Waals surface area contributed by atoms with Crippen LogP contribution in [0.4, 0.5) is 4.79 Å². The average Bonchev–Trinajstić information content (AvgIpc) is 2.68. The molecule has 0 bridgehead atoms. The van der Waals surface area contributed by atoms with Gasteiger partial charge in [0.1, 0.15) is 16.9 Å². The Bertz CT molecular complexity index is 628. The second kappa shape index (κ2) is 5.37. The number of rotatable bonds is 2. The van der Waals surface area contributed by atoms with E-state index in [0.29, 0.717) is 10.8 Å². The SMILES string of the molecule is C[C@@H](NC(=O)OC(C)(C)C)c1cc2cc(Cl)ccc2o1. The lowest BCUT2D eigenvalue weighted by Crippen LogP contribution is -2.33. The third-order valence-electron chi connectivity index (χ3n) is 2.66. The highest BCUT2D eigenvalue weighted by Crippen LogP contribution is 2.26. The molecule has 0 spiro atoms. The zero-order valence-corrected chi connectivity index (χ0v) is 12.7. The fourth-order valence-electron chi connectivity index (χ4n) is 1.80. The molecule has 1 aromatic carbocycles. The van der Waals surface area contributed by atoms with Crippen molar-refractivity contribution < 1.29 is 13.9 Å². The number of fused-ring (bicyclic) bond motifs is 1. The van der Waals surface area contributed by atoms with E-state index < -0.39 is 11.7 Å². The van der Waals surface area contributed by atoms with E-state index in [1.54, 1.807) is 12.1 Å². The van der Waals surface area contributed by atoms with Gasteiger partial charge in [0.15, 0.2) is 0 Å². The van der Waals surface area contributed by atoms with E-state index in [1.807, 2.05) is 39.8 Å². The van der Waals surface area contributed by atoms with Crippen molar-refractivity contribution in [3.8, 4) is 0 Å². The highest BCUT2D eigenvalue weighted by molar-refractivity contribution is 6.31. The highest BCUT2D eigenvalue weighted by Gasteiger charge is 2.20. The van der Waals surface area contributed by atoms with Crippen LogP contribution in [0.3, 0.4) is 0 Å². The van der Waals surface area contributed by atoms with Crippen LogP contribution in [0, 0.1) is 0 Å². The Morgan fingerprint density at radius 3 is 2.70 bits per heavy atom. The first-order valence-corrected chi connectivity index (χ1v) is 6.81. The summed E-state index contributed by atoms with van der Waals surface area (Å²) in [6, 6.07) is 6.98. The Hall–Kier alpha value is -1.68. The molecular weight excluding hydrogens is 278 g/mol. The van der Waals surface area contributed by atoms with Gasteiger partial charge in [-0.1, -0.05) is 11.6 Å². The van der Waals surface area contributed by atoms with E-state index in [1.165, 1.54) is 0 Å². The van der Waals surface area contributed by atoms with Crippen molar-refractivity contribution in [3.63, 3.8) is 0 Å². The van der Waals surface area contributed by atoms with Gasteiger partial charge in [-0.05, 0) is 52.0 Å². The van der Waals surface area contributed by atoms with Crippen molar-refractivity contribution in [1.29, 1.82) is 0 Å². The normalized spacial score (nSPS) is 13.2. The minimum atomic E-state index is -0.523. The van der Waals surface area contributed by atoms with E-state index in [4.69, 9.17) is 20.8 Å². The number of carbonyl (C=O) groups excluding carboxylic acids is 1. The zero-order chi connectivity index (χ0) is 14.9. The monoisotopic (exact) mass is 295 g/mol. The number of alkyl carbamates (subject to hydrolysis) is 1. The molecule has 2 rings (SSSR count). The summed E-state index contributed by atoms with van der Waals surface area (Å²) in [5, 5.41) is 4.30. The summed E-state index contributed by atoms with van der Waals surface area (Å²) < 4.78 is 10.9. The van der Waals surface area contributed by atoms with Crippen LogP contribution >= 0.6 is 11.6 Å². The smallest absolute Gasteiger partial charge is 0.408 e. The summed E-state index contributed by atoms with van der Waals surface area (Å²) in [5.41, 5.74) is 0.216. The summed E-state index contributed by atoms with van der Waals surface area (Å²) in [7, 11) is 0. The molecule has 0 saturated heterocycles. The van der Waals surface area contributed by atoms with E-state index in [-0.39, 0.29) is 6.04 Å². The van der Waals surface area contributed by atoms with E-state index in [9.17, 15) is 4.79 Å². The third-order valence-corrected chi connectivity index (χ3v) is 2.89. The topological polar surface area (TPSA) is 51.5 Å². The van der Waals surface area contributed by atoms with Gasteiger partial charge in [-0.2, -0.15) is 0 Å². The summed E-state index contributed by atoms with van der Waals surface area (Å²) in [4.78, 5) is 11.7. The van der Waals surface area contributed by atoms with Gasteiger partial charge in [0.05, 0.1) is 6.04 Å². The van der Waals surface area contributed by atoms with Gasteiger partial charge < -0.3 is 14.5 Å². The van der Waals surface area contributed by atoms with Crippen LogP contribution in [0.1, 0.15) is 39.5 Å². The number of carbonyl (C=O) groups is 1. The Morgan fingerprint density at radius 2 is 2.05 bits per heavy atom. The molecule has 20 heavy (non-hydrogen) atoms. The first kappa shape index (κ1) is 14.7. The highest BCUT2D eigenvalue weighted by atomic mass is 35.5. The van der Waals surface area contributed by atoms with E-state index in [0.717, 1.165) is 11.0 Å². The van der Waals surface area contributed by atoms with E-state index >= 15 is 0 Å². The molecule has 0 aliphatic rings. The van der Waals surface area contributed by atoms with Crippen LogP contribution in [0.25, 0.3) is 11.0 Å². The van der Waals surface area contributed by atoms with Gasteiger partial charge >= 0.3 is 6.09 Å². The second-order valence-electron chi connectivity index (χ2n) is 5.70. The number of hydrogen-bond donors (Lipinski definition) is 1. The molecule has 5 heteroatoms. The minimum absolute atomic E-state index is 0.281. The van der Waals surface area contributed by atoms with Crippen LogP contribution in [0.2, 0.25) is 5.02 Å². The molecule has 1 amide bonds. The van der Waals surface area contributed by atoms with Gasteiger partial charge in [-0.25, -0.2) is 4.79 Å². The Morgan fingerprint density at radius 1 is 1.35 bits per heavy atom. The number of nitrogens with one attached hydrogen (secondary N) is 1. The maximum atomic E-state index is 11.7. The van der Waals surface area contributed by atoms with Crippen LogP contribution in [0.15, 0.2) is 28.7 Å². The first-order valence-electron chi connectivity index (χ1n) is 6.43. The first-order chi connectivity index (χ1) is 9.24. The Labute approximate surface area is 123 Å².